The summed E-state index contributed by atoms with van der Waals surface area (Å²) in [5, 5.41) is 0. The molecule has 2 fully saturated rings. The van der Waals surface area contributed by atoms with Gasteiger partial charge >= 0.3 is 0 Å². The van der Waals surface area contributed by atoms with Gasteiger partial charge in [-0.3, -0.25) is 4.79 Å². The Morgan fingerprint density at radius 3 is 2.52 bits per heavy atom. The predicted octanol–water partition coefficient (Wildman–Crippen LogP) is 0.182. The van der Waals surface area contributed by atoms with Crippen molar-refractivity contribution >= 4 is 15.9 Å². The Kier molecular flexibility index (Phi) is 4.90. The number of nitrogens with zero attached hydrogens (tertiary/aromatic N) is 2. The summed E-state index contributed by atoms with van der Waals surface area (Å²) >= 11 is 0. The minimum atomic E-state index is -3.77. The van der Waals surface area contributed by atoms with Gasteiger partial charge in [-0.15, -0.1) is 0 Å². The van der Waals surface area contributed by atoms with Crippen molar-refractivity contribution in [2.75, 3.05) is 47.6 Å². The standard InChI is InChI=1S/C16H22N2O6S/c1-17-12-8-18(7-11(16(17)19)9-24-10-12)25(20,21)13-4-5-14(22-2)15(6-13)23-3/h4-6,11-12H,7-10H2,1-3H3/t11-,12+/m1/s1. The van der Waals surface area contributed by atoms with Gasteiger partial charge in [-0.2, -0.15) is 4.31 Å². The molecule has 25 heavy (non-hydrogen) atoms. The molecule has 1 aromatic rings. The molecule has 0 spiro atoms. The Hall–Kier alpha value is -1.84. The van der Waals surface area contributed by atoms with E-state index in [0.29, 0.717) is 18.1 Å². The van der Waals surface area contributed by atoms with Crippen molar-refractivity contribution in [3.63, 3.8) is 0 Å². The minimum absolute atomic E-state index is 0.0764. The number of rotatable bonds is 4. The quantitative estimate of drug-likeness (QED) is 0.752. The SMILES string of the molecule is COc1ccc(S(=O)(=O)N2C[C@@H]3COC[C@H](C2)N(C)C3=O)cc1OC. The first kappa shape index (κ1) is 18.0. The van der Waals surface area contributed by atoms with Crippen molar-refractivity contribution in [1.82, 2.24) is 9.21 Å². The summed E-state index contributed by atoms with van der Waals surface area (Å²) in [5.74, 6) is 0.229. The van der Waals surface area contributed by atoms with Crippen LogP contribution in [0.4, 0.5) is 0 Å². The molecule has 2 heterocycles. The lowest BCUT2D eigenvalue weighted by Crippen LogP contribution is -2.45. The molecule has 2 atom stereocenters. The second-order valence-electron chi connectivity index (χ2n) is 6.18. The number of hydrogen-bond donors (Lipinski definition) is 0. The number of ether oxygens (including phenoxy) is 3. The molecule has 0 aliphatic carbocycles. The highest BCUT2D eigenvalue weighted by Crippen LogP contribution is 2.32. The molecule has 0 radical (unpaired) electrons. The van der Waals surface area contributed by atoms with E-state index >= 15 is 0 Å². The van der Waals surface area contributed by atoms with Crippen LogP contribution in [0.25, 0.3) is 0 Å². The van der Waals surface area contributed by atoms with Crippen LogP contribution >= 0.6 is 0 Å². The lowest BCUT2D eigenvalue weighted by molar-refractivity contribution is -0.133. The Morgan fingerprint density at radius 2 is 1.84 bits per heavy atom. The Balaban J connectivity index is 1.96. The summed E-state index contributed by atoms with van der Waals surface area (Å²) < 4.78 is 43.5. The number of fused-ring (bicyclic) bond motifs is 3. The van der Waals surface area contributed by atoms with Crippen molar-refractivity contribution in [2.24, 2.45) is 5.92 Å². The first-order valence-corrected chi connectivity index (χ1v) is 9.39. The Labute approximate surface area is 147 Å². The third-order valence-electron chi connectivity index (χ3n) is 4.71. The van der Waals surface area contributed by atoms with E-state index in [0.717, 1.165) is 0 Å². The van der Waals surface area contributed by atoms with Gasteiger partial charge in [0.15, 0.2) is 11.5 Å². The van der Waals surface area contributed by atoms with Crippen LogP contribution in [-0.4, -0.2) is 77.1 Å². The van der Waals surface area contributed by atoms with Crippen molar-refractivity contribution < 1.29 is 27.4 Å². The molecule has 9 heteroatoms. The molecule has 2 aliphatic heterocycles. The highest BCUT2D eigenvalue weighted by Gasteiger charge is 2.41. The van der Waals surface area contributed by atoms with E-state index in [-0.39, 0.29) is 36.5 Å². The summed E-state index contributed by atoms with van der Waals surface area (Å²) in [6.07, 6.45) is 0. The van der Waals surface area contributed by atoms with E-state index in [2.05, 4.69) is 0 Å². The number of hydrogen-bond acceptors (Lipinski definition) is 6. The fourth-order valence-electron chi connectivity index (χ4n) is 3.18. The first-order chi connectivity index (χ1) is 11.9. The maximum absolute atomic E-state index is 13.1. The van der Waals surface area contributed by atoms with Crippen molar-refractivity contribution in [3.05, 3.63) is 18.2 Å². The number of sulfonamides is 1. The minimum Gasteiger partial charge on any atom is -0.493 e. The van der Waals surface area contributed by atoms with E-state index < -0.39 is 15.9 Å². The zero-order chi connectivity index (χ0) is 18.2. The van der Waals surface area contributed by atoms with Crippen LogP contribution < -0.4 is 9.47 Å². The summed E-state index contributed by atoms with van der Waals surface area (Å²) in [4.78, 5) is 14.1. The monoisotopic (exact) mass is 370 g/mol. The highest BCUT2D eigenvalue weighted by atomic mass is 32.2. The highest BCUT2D eigenvalue weighted by molar-refractivity contribution is 7.89. The third-order valence-corrected chi connectivity index (χ3v) is 6.53. The summed E-state index contributed by atoms with van der Waals surface area (Å²) in [7, 11) is 0.871. The van der Waals surface area contributed by atoms with Gasteiger partial charge in [-0.05, 0) is 12.1 Å². The molecule has 3 rings (SSSR count). The molecular formula is C16H22N2O6S. The molecule has 0 N–H and O–H groups in total. The number of carbonyl (C=O) groups is 1. The van der Waals surface area contributed by atoms with E-state index in [1.807, 2.05) is 0 Å². The van der Waals surface area contributed by atoms with Crippen LogP contribution in [0.2, 0.25) is 0 Å². The lowest BCUT2D eigenvalue weighted by Gasteiger charge is -2.28. The molecule has 2 bridgehead atoms. The summed E-state index contributed by atoms with van der Waals surface area (Å²) in [6.45, 7) is 0.875. The zero-order valence-corrected chi connectivity index (χ0v) is 15.3. The molecule has 0 aromatic heterocycles. The van der Waals surface area contributed by atoms with Crippen LogP contribution in [-0.2, 0) is 19.6 Å². The number of benzene rings is 1. The maximum atomic E-state index is 13.1. The average Bonchev–Trinajstić information content (AvgIpc) is 2.79. The molecule has 0 saturated carbocycles. The maximum Gasteiger partial charge on any atom is 0.243 e. The van der Waals surface area contributed by atoms with Crippen LogP contribution in [0.5, 0.6) is 11.5 Å². The van der Waals surface area contributed by atoms with Crippen molar-refractivity contribution in [2.45, 2.75) is 10.9 Å². The van der Waals surface area contributed by atoms with Gasteiger partial charge in [-0.25, -0.2) is 8.42 Å². The van der Waals surface area contributed by atoms with E-state index in [1.165, 1.54) is 30.7 Å². The molecule has 1 aromatic carbocycles. The number of amides is 1. The molecule has 1 amide bonds. The van der Waals surface area contributed by atoms with E-state index in [1.54, 1.807) is 18.0 Å². The van der Waals surface area contributed by atoms with Gasteiger partial charge in [0.2, 0.25) is 15.9 Å². The topological polar surface area (TPSA) is 85.4 Å². The van der Waals surface area contributed by atoms with E-state index in [9.17, 15) is 13.2 Å². The van der Waals surface area contributed by atoms with Gasteiger partial charge in [0, 0.05) is 26.2 Å². The normalized spacial score (nSPS) is 24.8. The fraction of sp³-hybridized carbons (Fsp3) is 0.562. The third kappa shape index (κ3) is 3.19. The van der Waals surface area contributed by atoms with E-state index in [4.69, 9.17) is 14.2 Å². The average molecular weight is 370 g/mol. The lowest BCUT2D eigenvalue weighted by atomic mass is 10.1. The van der Waals surface area contributed by atoms with Gasteiger partial charge in [-0.1, -0.05) is 0 Å². The molecule has 2 aliphatic rings. The zero-order valence-electron chi connectivity index (χ0n) is 14.5. The largest absolute Gasteiger partial charge is 0.493 e. The van der Waals surface area contributed by atoms with Gasteiger partial charge < -0.3 is 19.1 Å². The summed E-state index contributed by atoms with van der Waals surface area (Å²) in [5.41, 5.74) is 0. The van der Waals surface area contributed by atoms with Crippen molar-refractivity contribution in [1.29, 1.82) is 0 Å². The molecular weight excluding hydrogens is 348 g/mol. The second-order valence-corrected chi connectivity index (χ2v) is 8.11. The van der Waals surface area contributed by atoms with Crippen LogP contribution in [0.3, 0.4) is 0 Å². The van der Waals surface area contributed by atoms with Gasteiger partial charge in [0.25, 0.3) is 0 Å². The number of likely N-dealkylation sites (N-methyl/N-ethyl adjacent to an activating group) is 1. The van der Waals surface area contributed by atoms with Crippen LogP contribution in [0, 0.1) is 5.92 Å². The fourth-order valence-corrected chi connectivity index (χ4v) is 4.72. The molecule has 2 saturated heterocycles. The molecule has 8 nitrogen and oxygen atoms in total. The number of methoxy groups -OCH3 is 2. The number of carbonyl (C=O) groups excluding carboxylic acids is 1. The van der Waals surface area contributed by atoms with Crippen molar-refractivity contribution in [3.8, 4) is 11.5 Å². The van der Waals surface area contributed by atoms with Gasteiger partial charge in [0.05, 0.1) is 44.3 Å². The predicted molar refractivity (Wildman–Crippen MR) is 89.2 cm³/mol. The van der Waals surface area contributed by atoms with Crippen LogP contribution in [0.15, 0.2) is 23.1 Å². The molecule has 0 unspecified atom stereocenters. The Bertz CT molecular complexity index is 766. The van der Waals surface area contributed by atoms with Crippen LogP contribution in [0.1, 0.15) is 0 Å². The summed E-state index contributed by atoms with van der Waals surface area (Å²) in [6, 6.07) is 4.19. The smallest absolute Gasteiger partial charge is 0.243 e. The Morgan fingerprint density at radius 1 is 1.12 bits per heavy atom. The molecule has 138 valence electrons. The second kappa shape index (κ2) is 6.81. The first-order valence-electron chi connectivity index (χ1n) is 7.95. The van der Waals surface area contributed by atoms with Gasteiger partial charge in [0.1, 0.15) is 0 Å².